The van der Waals surface area contributed by atoms with E-state index in [2.05, 4.69) is 10.3 Å². The summed E-state index contributed by atoms with van der Waals surface area (Å²) in [6.07, 6.45) is 1.67. The van der Waals surface area contributed by atoms with Crippen molar-refractivity contribution in [3.05, 3.63) is 29.6 Å². The Balaban J connectivity index is 2.34. The van der Waals surface area contributed by atoms with Crippen LogP contribution in [0.1, 0.15) is 18.2 Å². The first-order valence-electron chi connectivity index (χ1n) is 7.45. The van der Waals surface area contributed by atoms with Crippen LogP contribution in [0.4, 0.5) is 0 Å². The highest BCUT2D eigenvalue weighted by Gasteiger charge is 2.15. The van der Waals surface area contributed by atoms with Crippen LogP contribution < -0.4 is 9.47 Å². The molecule has 0 aliphatic carbocycles. The summed E-state index contributed by atoms with van der Waals surface area (Å²) in [7, 11) is 4.66. The second-order valence-corrected chi connectivity index (χ2v) is 5.03. The van der Waals surface area contributed by atoms with Gasteiger partial charge >= 0.3 is 5.97 Å². The first-order chi connectivity index (χ1) is 12.1. The standard InChI is InChI=1S/C16H21N3O6/c1-11(20)25-9-13-7-19(18-17-13)14-6-16(23-4)15(22-3)5-12(14)8-24-10-21-2/h5-7H,8-10H2,1-4H3. The minimum Gasteiger partial charge on any atom is -0.493 e. The average Bonchev–Trinajstić information content (AvgIpc) is 3.08. The fraction of sp³-hybridized carbons (Fsp3) is 0.438. The Labute approximate surface area is 145 Å². The van der Waals surface area contributed by atoms with Gasteiger partial charge in [0.25, 0.3) is 0 Å². The molecule has 0 fully saturated rings. The second-order valence-electron chi connectivity index (χ2n) is 5.03. The lowest BCUT2D eigenvalue weighted by atomic mass is 10.1. The quantitative estimate of drug-likeness (QED) is 0.381. The Morgan fingerprint density at radius 3 is 2.48 bits per heavy atom. The zero-order valence-corrected chi connectivity index (χ0v) is 14.6. The molecule has 0 aliphatic heterocycles. The Bertz CT molecular complexity index is 716. The molecule has 0 bridgehead atoms. The summed E-state index contributed by atoms with van der Waals surface area (Å²) in [6, 6.07) is 3.58. The summed E-state index contributed by atoms with van der Waals surface area (Å²) in [5, 5.41) is 8.07. The van der Waals surface area contributed by atoms with Crippen LogP contribution in [0.25, 0.3) is 5.69 Å². The molecular formula is C16H21N3O6. The molecule has 1 aromatic heterocycles. The predicted octanol–water partition coefficient (Wildman–Crippen LogP) is 1.47. The first-order valence-corrected chi connectivity index (χ1v) is 7.45. The third-order valence-electron chi connectivity index (χ3n) is 3.25. The maximum atomic E-state index is 10.9. The molecule has 0 radical (unpaired) electrons. The molecule has 0 amide bonds. The lowest BCUT2D eigenvalue weighted by molar-refractivity contribution is -0.142. The maximum Gasteiger partial charge on any atom is 0.303 e. The van der Waals surface area contributed by atoms with Crippen LogP contribution in [0.5, 0.6) is 11.5 Å². The number of aromatic nitrogens is 3. The summed E-state index contributed by atoms with van der Waals surface area (Å²) in [6.45, 7) is 1.83. The fourth-order valence-corrected chi connectivity index (χ4v) is 2.13. The van der Waals surface area contributed by atoms with Crippen molar-refractivity contribution in [2.45, 2.75) is 20.1 Å². The van der Waals surface area contributed by atoms with Crippen molar-refractivity contribution in [3.63, 3.8) is 0 Å². The van der Waals surface area contributed by atoms with E-state index in [9.17, 15) is 4.79 Å². The smallest absolute Gasteiger partial charge is 0.303 e. The van der Waals surface area contributed by atoms with Crippen LogP contribution >= 0.6 is 0 Å². The normalized spacial score (nSPS) is 10.6. The monoisotopic (exact) mass is 351 g/mol. The third kappa shape index (κ3) is 4.91. The highest BCUT2D eigenvalue weighted by atomic mass is 16.7. The average molecular weight is 351 g/mol. The van der Waals surface area contributed by atoms with Gasteiger partial charge < -0.3 is 23.7 Å². The topological polar surface area (TPSA) is 93.9 Å². The van der Waals surface area contributed by atoms with Gasteiger partial charge in [0.15, 0.2) is 11.5 Å². The lowest BCUT2D eigenvalue weighted by Gasteiger charge is -2.14. The zero-order chi connectivity index (χ0) is 18.2. The molecule has 0 saturated heterocycles. The lowest BCUT2D eigenvalue weighted by Crippen LogP contribution is -2.06. The molecule has 0 atom stereocenters. The van der Waals surface area contributed by atoms with Crippen LogP contribution in [0.15, 0.2) is 18.3 Å². The van der Waals surface area contributed by atoms with Crippen LogP contribution in [0.2, 0.25) is 0 Å². The van der Waals surface area contributed by atoms with Gasteiger partial charge in [-0.3, -0.25) is 4.79 Å². The third-order valence-corrected chi connectivity index (χ3v) is 3.25. The van der Waals surface area contributed by atoms with Crippen molar-refractivity contribution in [1.82, 2.24) is 15.0 Å². The van der Waals surface area contributed by atoms with E-state index in [4.69, 9.17) is 23.7 Å². The van der Waals surface area contributed by atoms with Crippen LogP contribution in [0.3, 0.4) is 0 Å². The fourth-order valence-electron chi connectivity index (χ4n) is 2.13. The van der Waals surface area contributed by atoms with E-state index < -0.39 is 0 Å². The molecule has 0 aliphatic rings. The highest BCUT2D eigenvalue weighted by Crippen LogP contribution is 2.32. The number of ether oxygens (including phenoxy) is 5. The molecule has 9 heteroatoms. The van der Waals surface area contributed by atoms with Crippen LogP contribution in [-0.2, 0) is 32.2 Å². The molecule has 25 heavy (non-hydrogen) atoms. The van der Waals surface area contributed by atoms with E-state index in [1.165, 1.54) is 6.92 Å². The minimum absolute atomic E-state index is 0.0537. The first kappa shape index (κ1) is 18.7. The molecule has 0 unspecified atom stereocenters. The van der Waals surface area contributed by atoms with Crippen molar-refractivity contribution >= 4 is 5.97 Å². The number of esters is 1. The van der Waals surface area contributed by atoms with E-state index in [1.54, 1.807) is 44.3 Å². The van der Waals surface area contributed by atoms with Gasteiger partial charge in [-0.1, -0.05) is 5.21 Å². The summed E-state index contributed by atoms with van der Waals surface area (Å²) < 4.78 is 27.5. The number of methoxy groups -OCH3 is 3. The van der Waals surface area contributed by atoms with Gasteiger partial charge in [-0.25, -0.2) is 4.68 Å². The molecule has 1 heterocycles. The largest absolute Gasteiger partial charge is 0.493 e. The Morgan fingerprint density at radius 1 is 1.12 bits per heavy atom. The molecule has 0 N–H and O–H groups in total. The number of rotatable bonds is 9. The molecular weight excluding hydrogens is 330 g/mol. The number of hydrogen-bond acceptors (Lipinski definition) is 8. The highest BCUT2D eigenvalue weighted by molar-refractivity contribution is 5.65. The Hall–Kier alpha value is -2.65. The summed E-state index contributed by atoms with van der Waals surface area (Å²) in [5.41, 5.74) is 2.03. The predicted molar refractivity (Wildman–Crippen MR) is 86.6 cm³/mol. The van der Waals surface area contributed by atoms with Crippen molar-refractivity contribution in [3.8, 4) is 17.2 Å². The van der Waals surface area contributed by atoms with Crippen molar-refractivity contribution in [1.29, 1.82) is 0 Å². The van der Waals surface area contributed by atoms with Crippen LogP contribution in [0, 0.1) is 0 Å². The molecule has 136 valence electrons. The SMILES string of the molecule is COCOCc1cc(OC)c(OC)cc1-n1cc(COC(C)=O)nn1. The van der Waals surface area contributed by atoms with Crippen LogP contribution in [-0.4, -0.2) is 49.1 Å². The van der Waals surface area contributed by atoms with Crippen molar-refractivity contribution in [2.24, 2.45) is 0 Å². The summed E-state index contributed by atoms with van der Waals surface area (Å²) >= 11 is 0. The molecule has 0 spiro atoms. The van der Waals surface area contributed by atoms with E-state index >= 15 is 0 Å². The Kier molecular flexibility index (Phi) is 6.72. The summed E-state index contributed by atoms with van der Waals surface area (Å²) in [5.74, 6) is 0.738. The van der Waals surface area contributed by atoms with Gasteiger partial charge in [0.05, 0.1) is 32.7 Å². The van der Waals surface area contributed by atoms with E-state index in [-0.39, 0.29) is 26.0 Å². The molecule has 2 rings (SSSR count). The molecule has 2 aromatic rings. The van der Waals surface area contributed by atoms with Gasteiger partial charge in [-0.2, -0.15) is 0 Å². The number of hydrogen-bond donors (Lipinski definition) is 0. The Morgan fingerprint density at radius 2 is 1.84 bits per heavy atom. The van der Waals surface area contributed by atoms with Gasteiger partial charge in [0.1, 0.15) is 19.1 Å². The van der Waals surface area contributed by atoms with Crippen molar-refractivity contribution < 1.29 is 28.5 Å². The van der Waals surface area contributed by atoms with Gasteiger partial charge in [0.2, 0.25) is 0 Å². The van der Waals surface area contributed by atoms with E-state index in [0.717, 1.165) is 5.56 Å². The minimum atomic E-state index is -0.380. The molecule has 0 saturated carbocycles. The second kappa shape index (κ2) is 9.00. The maximum absolute atomic E-state index is 10.9. The molecule has 9 nitrogen and oxygen atoms in total. The summed E-state index contributed by atoms with van der Waals surface area (Å²) in [4.78, 5) is 10.9. The van der Waals surface area contributed by atoms with Crippen molar-refractivity contribution in [2.75, 3.05) is 28.1 Å². The van der Waals surface area contributed by atoms with Gasteiger partial charge in [0, 0.05) is 25.7 Å². The number of nitrogens with zero attached hydrogens (tertiary/aromatic N) is 3. The van der Waals surface area contributed by atoms with E-state index in [1.807, 2.05) is 0 Å². The zero-order valence-electron chi connectivity index (χ0n) is 14.6. The van der Waals surface area contributed by atoms with E-state index in [0.29, 0.717) is 22.9 Å². The number of carbonyl (C=O) groups is 1. The number of benzene rings is 1. The van der Waals surface area contributed by atoms with Gasteiger partial charge in [-0.15, -0.1) is 5.10 Å². The van der Waals surface area contributed by atoms with Gasteiger partial charge in [-0.05, 0) is 6.07 Å². The number of carbonyl (C=O) groups excluding carboxylic acids is 1. The molecule has 1 aromatic carbocycles.